The summed E-state index contributed by atoms with van der Waals surface area (Å²) in [7, 11) is 1.33. The largest absolute Gasteiger partial charge is 0.465 e. The van der Waals surface area contributed by atoms with Crippen LogP contribution >= 0.6 is 46.2 Å². The van der Waals surface area contributed by atoms with Crippen molar-refractivity contribution in [1.82, 2.24) is 10.2 Å². The minimum absolute atomic E-state index is 0.192. The first-order valence-corrected chi connectivity index (χ1v) is 10.3. The summed E-state index contributed by atoms with van der Waals surface area (Å²) in [6.07, 6.45) is 1.93. The third kappa shape index (κ3) is 4.46. The van der Waals surface area contributed by atoms with Crippen molar-refractivity contribution in [1.29, 1.82) is 0 Å². The maximum Gasteiger partial charge on any atom is 0.341 e. The van der Waals surface area contributed by atoms with Gasteiger partial charge in [0.05, 0.1) is 18.4 Å². The van der Waals surface area contributed by atoms with E-state index in [9.17, 15) is 9.59 Å². The number of amides is 1. The van der Waals surface area contributed by atoms with Crippen LogP contribution in [0.4, 0.5) is 5.00 Å². The lowest BCUT2D eigenvalue weighted by Crippen LogP contribution is -2.16. The molecule has 0 fully saturated rings. The first kappa shape index (κ1) is 18.2. The molecular formula is C13H15N3O3S4. The summed E-state index contributed by atoms with van der Waals surface area (Å²) in [6, 6.07) is 0. The number of aromatic nitrogens is 2. The number of methoxy groups -OCH3 is 1. The highest BCUT2D eigenvalue weighted by molar-refractivity contribution is 8.03. The van der Waals surface area contributed by atoms with Crippen LogP contribution in [0, 0.1) is 13.8 Å². The highest BCUT2D eigenvalue weighted by atomic mass is 32.2. The second kappa shape index (κ2) is 8.13. The van der Waals surface area contributed by atoms with Gasteiger partial charge >= 0.3 is 5.97 Å². The average Bonchev–Trinajstić information content (AvgIpc) is 3.10. The molecule has 2 aromatic heterocycles. The zero-order chi connectivity index (χ0) is 17.0. The molecule has 1 N–H and O–H groups in total. The predicted octanol–water partition coefficient (Wildman–Crippen LogP) is 3.46. The van der Waals surface area contributed by atoms with Crippen molar-refractivity contribution in [2.75, 3.05) is 24.4 Å². The zero-order valence-electron chi connectivity index (χ0n) is 13.0. The third-order valence-electron chi connectivity index (χ3n) is 2.92. The van der Waals surface area contributed by atoms with Crippen molar-refractivity contribution >= 4 is 63.1 Å². The number of nitrogens with one attached hydrogen (secondary N) is 1. The fraction of sp³-hybridized carbons (Fsp3) is 0.385. The first-order valence-electron chi connectivity index (χ1n) is 6.44. The van der Waals surface area contributed by atoms with E-state index in [1.807, 2.05) is 20.1 Å². The van der Waals surface area contributed by atoms with Crippen LogP contribution in [0.15, 0.2) is 8.68 Å². The van der Waals surface area contributed by atoms with Gasteiger partial charge in [0.15, 0.2) is 8.68 Å². The summed E-state index contributed by atoms with van der Waals surface area (Å²) in [4.78, 5) is 25.0. The Hall–Kier alpha value is -1.10. The number of thioether (sulfide) groups is 2. The van der Waals surface area contributed by atoms with E-state index in [1.165, 1.54) is 53.3 Å². The predicted molar refractivity (Wildman–Crippen MR) is 96.2 cm³/mol. The minimum Gasteiger partial charge on any atom is -0.465 e. The number of ether oxygens (including phenoxy) is 1. The van der Waals surface area contributed by atoms with E-state index in [0.717, 1.165) is 19.1 Å². The highest BCUT2D eigenvalue weighted by Gasteiger charge is 2.21. The van der Waals surface area contributed by atoms with E-state index in [1.54, 1.807) is 0 Å². The third-order valence-corrected chi connectivity index (χ3v) is 7.07. The van der Waals surface area contributed by atoms with Gasteiger partial charge in [-0.15, -0.1) is 21.5 Å². The zero-order valence-corrected chi connectivity index (χ0v) is 16.2. The van der Waals surface area contributed by atoms with Crippen molar-refractivity contribution in [3.63, 3.8) is 0 Å². The minimum atomic E-state index is -0.441. The fourth-order valence-electron chi connectivity index (χ4n) is 1.69. The lowest BCUT2D eigenvalue weighted by Gasteiger charge is -2.05. The molecule has 1 amide bonds. The quantitative estimate of drug-likeness (QED) is 0.598. The van der Waals surface area contributed by atoms with Crippen LogP contribution in [0.25, 0.3) is 0 Å². The molecule has 0 bridgehead atoms. The molecule has 6 nitrogen and oxygen atoms in total. The molecule has 0 aliphatic rings. The topological polar surface area (TPSA) is 81.2 Å². The second-order valence-electron chi connectivity index (χ2n) is 4.35. The molecule has 0 atom stereocenters. The van der Waals surface area contributed by atoms with E-state index >= 15 is 0 Å². The van der Waals surface area contributed by atoms with Gasteiger partial charge in [0.25, 0.3) is 0 Å². The fourth-order valence-corrected chi connectivity index (χ4v) is 4.99. The van der Waals surface area contributed by atoms with Crippen molar-refractivity contribution < 1.29 is 14.3 Å². The molecule has 124 valence electrons. The maximum absolute atomic E-state index is 12.1. The molecule has 0 unspecified atom stereocenters. The highest BCUT2D eigenvalue weighted by Crippen LogP contribution is 2.33. The lowest BCUT2D eigenvalue weighted by atomic mass is 10.1. The number of carbonyl (C=O) groups excluding carboxylic acids is 2. The van der Waals surface area contributed by atoms with E-state index in [-0.39, 0.29) is 11.7 Å². The van der Waals surface area contributed by atoms with Crippen LogP contribution in [0.1, 0.15) is 20.8 Å². The van der Waals surface area contributed by atoms with Gasteiger partial charge in [-0.2, -0.15) is 0 Å². The molecule has 0 spiro atoms. The Balaban J connectivity index is 2.02. The van der Waals surface area contributed by atoms with Gasteiger partial charge in [0, 0.05) is 4.88 Å². The van der Waals surface area contributed by atoms with Crippen molar-refractivity contribution in [2.24, 2.45) is 0 Å². The Labute approximate surface area is 150 Å². The number of hydrogen-bond donors (Lipinski definition) is 1. The first-order chi connectivity index (χ1) is 11.0. The summed E-state index contributed by atoms with van der Waals surface area (Å²) < 4.78 is 6.40. The van der Waals surface area contributed by atoms with E-state index < -0.39 is 5.97 Å². The van der Waals surface area contributed by atoms with Gasteiger partial charge in [-0.25, -0.2) is 4.79 Å². The van der Waals surface area contributed by atoms with Gasteiger partial charge in [0.2, 0.25) is 5.91 Å². The Morgan fingerprint density at radius 1 is 1.22 bits per heavy atom. The van der Waals surface area contributed by atoms with Gasteiger partial charge in [0.1, 0.15) is 5.00 Å². The van der Waals surface area contributed by atoms with Crippen molar-refractivity contribution in [3.05, 3.63) is 16.0 Å². The number of thiophene rings is 1. The van der Waals surface area contributed by atoms with Crippen LogP contribution < -0.4 is 5.32 Å². The molecule has 0 aromatic carbocycles. The Morgan fingerprint density at radius 3 is 2.52 bits per heavy atom. The second-order valence-corrected chi connectivity index (χ2v) is 8.83. The molecule has 2 heterocycles. The van der Waals surface area contributed by atoms with Gasteiger partial charge in [-0.1, -0.05) is 34.9 Å². The summed E-state index contributed by atoms with van der Waals surface area (Å²) >= 11 is 5.67. The molecule has 2 rings (SSSR count). The number of nitrogens with zero attached hydrogens (tertiary/aromatic N) is 2. The molecule has 10 heteroatoms. The number of carbonyl (C=O) groups is 2. The lowest BCUT2D eigenvalue weighted by molar-refractivity contribution is -0.113. The van der Waals surface area contributed by atoms with E-state index in [4.69, 9.17) is 4.74 Å². The maximum atomic E-state index is 12.1. The SMILES string of the molecule is COC(=O)c1c(NC(=O)CSc2nnc(SC)s2)sc(C)c1C. The molecule has 0 aliphatic carbocycles. The van der Waals surface area contributed by atoms with Crippen LogP contribution in [0.5, 0.6) is 0 Å². The van der Waals surface area contributed by atoms with Crippen molar-refractivity contribution in [2.45, 2.75) is 22.5 Å². The van der Waals surface area contributed by atoms with Crippen LogP contribution in [-0.4, -0.2) is 41.2 Å². The molecule has 0 radical (unpaired) electrons. The van der Waals surface area contributed by atoms with Crippen molar-refractivity contribution in [3.8, 4) is 0 Å². The van der Waals surface area contributed by atoms with Gasteiger partial charge in [-0.3, -0.25) is 4.79 Å². The Morgan fingerprint density at radius 2 is 1.91 bits per heavy atom. The van der Waals surface area contributed by atoms with Crippen LogP contribution in [0.3, 0.4) is 0 Å². The smallest absolute Gasteiger partial charge is 0.341 e. The molecule has 0 saturated carbocycles. The van der Waals surface area contributed by atoms with Gasteiger partial charge < -0.3 is 10.1 Å². The van der Waals surface area contributed by atoms with Crippen LogP contribution in [-0.2, 0) is 9.53 Å². The van der Waals surface area contributed by atoms with Crippen LogP contribution in [0.2, 0.25) is 0 Å². The van der Waals surface area contributed by atoms with E-state index in [2.05, 4.69) is 15.5 Å². The standard InChI is InChI=1S/C13H15N3O3S4/c1-6-7(2)22-10(9(6)11(18)19-3)14-8(17)5-21-13-16-15-12(20-4)23-13/h5H2,1-4H3,(H,14,17). The number of esters is 1. The molecule has 0 saturated heterocycles. The molecular weight excluding hydrogens is 374 g/mol. The number of aryl methyl sites for hydroxylation is 1. The molecule has 2 aromatic rings. The summed E-state index contributed by atoms with van der Waals surface area (Å²) in [6.45, 7) is 3.75. The summed E-state index contributed by atoms with van der Waals surface area (Å²) in [5, 5.41) is 11.3. The average molecular weight is 390 g/mol. The number of hydrogen-bond acceptors (Lipinski definition) is 9. The molecule has 23 heavy (non-hydrogen) atoms. The Kier molecular flexibility index (Phi) is 6.45. The molecule has 0 aliphatic heterocycles. The van der Waals surface area contributed by atoms with Gasteiger partial charge in [-0.05, 0) is 25.7 Å². The summed E-state index contributed by atoms with van der Waals surface area (Å²) in [5.74, 6) is -0.426. The van der Waals surface area contributed by atoms with E-state index in [0.29, 0.717) is 10.6 Å². The monoisotopic (exact) mass is 389 g/mol. The number of rotatable bonds is 6. The number of anilines is 1. The summed E-state index contributed by atoms with van der Waals surface area (Å²) in [5.41, 5.74) is 1.26. The Bertz CT molecular complexity index is 726. The normalized spacial score (nSPS) is 10.6.